The van der Waals surface area contributed by atoms with Crippen LogP contribution in [-0.2, 0) is 5.66 Å². The van der Waals surface area contributed by atoms with Crippen LogP contribution in [0, 0.1) is 0 Å². The van der Waals surface area contributed by atoms with Crippen molar-refractivity contribution in [2.45, 2.75) is 5.66 Å². The van der Waals surface area contributed by atoms with Gasteiger partial charge in [0.15, 0.2) is 17.2 Å². The third-order valence-electron chi connectivity index (χ3n) is 10.3. The molecule has 0 aliphatic carbocycles. The molecule has 0 amide bonds. The Morgan fingerprint density at radius 2 is 1.30 bits per heavy atom. The number of aromatic nitrogens is 3. The Morgan fingerprint density at radius 3 is 2.21 bits per heavy atom. The summed E-state index contributed by atoms with van der Waals surface area (Å²) in [7, 11) is 0. The van der Waals surface area contributed by atoms with Gasteiger partial charge >= 0.3 is 11.3 Å². The van der Waals surface area contributed by atoms with Gasteiger partial charge in [-0.3, -0.25) is 0 Å². The Labute approximate surface area is 244 Å². The van der Waals surface area contributed by atoms with Crippen LogP contribution in [0.1, 0.15) is 11.1 Å². The van der Waals surface area contributed by atoms with Crippen molar-refractivity contribution in [2.75, 3.05) is 0 Å². The quantitative estimate of drug-likeness (QED) is 0.139. The minimum absolute atomic E-state index is 0.602. The number of para-hydroxylation sites is 2. The van der Waals surface area contributed by atoms with Gasteiger partial charge in [-0.05, 0) is 58.6 Å². The standard InChI is InChI=1S/C39H21N3O/c1-3-12-24-22(10-1)23-11-2-4-13-25(23)37-33(24)27-19-20-32-36-34(27)38-41(37)29-16-5-6-17-30(29)42(38)39(36)35-26(14-9-18-31(35)43-32)28-15-7-8-21-40(28)39/h1-21H/q+2. The molecule has 4 nitrogen and oxygen atoms in total. The van der Waals surface area contributed by atoms with Gasteiger partial charge < -0.3 is 4.74 Å². The molecule has 3 aliphatic heterocycles. The smallest absolute Gasteiger partial charge is 0.372 e. The maximum atomic E-state index is 6.83. The summed E-state index contributed by atoms with van der Waals surface area (Å²) >= 11 is 0. The monoisotopic (exact) mass is 547 g/mol. The minimum atomic E-state index is -0.602. The van der Waals surface area contributed by atoms with E-state index in [9.17, 15) is 0 Å². The van der Waals surface area contributed by atoms with Gasteiger partial charge in [0.25, 0.3) is 0 Å². The summed E-state index contributed by atoms with van der Waals surface area (Å²) in [6.07, 6.45) is 2.26. The van der Waals surface area contributed by atoms with Crippen LogP contribution in [0.2, 0.25) is 0 Å². The van der Waals surface area contributed by atoms with E-state index < -0.39 is 5.66 Å². The van der Waals surface area contributed by atoms with Crippen LogP contribution in [0.3, 0.4) is 0 Å². The molecule has 0 saturated heterocycles. The molecule has 0 saturated carbocycles. The van der Waals surface area contributed by atoms with Gasteiger partial charge in [-0.1, -0.05) is 66.7 Å². The summed E-state index contributed by atoms with van der Waals surface area (Å²) in [6, 6.07) is 44.3. The molecular weight excluding hydrogens is 526 g/mol. The zero-order chi connectivity index (χ0) is 27.6. The van der Waals surface area contributed by atoms with Crippen LogP contribution in [-0.4, -0.2) is 4.40 Å². The lowest BCUT2D eigenvalue weighted by Gasteiger charge is -2.28. The van der Waals surface area contributed by atoms with Crippen molar-refractivity contribution >= 4 is 59.9 Å². The lowest BCUT2D eigenvalue weighted by atomic mass is 9.85. The fourth-order valence-corrected chi connectivity index (χ4v) is 8.98. The van der Waals surface area contributed by atoms with Gasteiger partial charge in [-0.25, -0.2) is 0 Å². The van der Waals surface area contributed by atoms with Crippen molar-refractivity contribution in [2.24, 2.45) is 0 Å². The third-order valence-corrected chi connectivity index (χ3v) is 10.3. The molecule has 196 valence electrons. The van der Waals surface area contributed by atoms with Crippen molar-refractivity contribution in [3.8, 4) is 22.8 Å². The molecule has 3 aromatic heterocycles. The van der Waals surface area contributed by atoms with E-state index >= 15 is 0 Å². The van der Waals surface area contributed by atoms with E-state index in [1.807, 2.05) is 0 Å². The van der Waals surface area contributed by atoms with E-state index in [0.29, 0.717) is 0 Å². The lowest BCUT2D eigenvalue weighted by molar-refractivity contribution is -0.940. The first-order valence-electron chi connectivity index (χ1n) is 14.9. The van der Waals surface area contributed by atoms with Gasteiger partial charge in [0.05, 0.1) is 10.9 Å². The van der Waals surface area contributed by atoms with Crippen molar-refractivity contribution < 1.29 is 13.9 Å². The highest BCUT2D eigenvalue weighted by Crippen LogP contribution is 2.58. The van der Waals surface area contributed by atoms with E-state index in [1.165, 1.54) is 82.3 Å². The number of hydrogen-bond acceptors (Lipinski definition) is 1. The largest absolute Gasteiger partial charge is 0.456 e. The molecule has 0 N–H and O–H groups in total. The highest BCUT2D eigenvalue weighted by Gasteiger charge is 2.68. The fraction of sp³-hybridized carbons (Fsp3) is 0.0256. The SMILES string of the molecule is c1cc2c3c(c1)-c1cccc[n+]1C31c3c(ccc4c3c3n(c5ccccc5[n+]31)c1c3ccccc3c3ccccc3c41)O2. The Bertz CT molecular complexity index is 2830. The highest BCUT2D eigenvalue weighted by molar-refractivity contribution is 6.33. The molecule has 1 unspecified atom stereocenters. The van der Waals surface area contributed by atoms with Gasteiger partial charge in [-0.15, -0.1) is 9.13 Å². The molecule has 12 rings (SSSR count). The number of rotatable bonds is 0. The first-order valence-corrected chi connectivity index (χ1v) is 14.9. The normalized spacial score (nSPS) is 17.1. The molecule has 4 heteroatoms. The second-order valence-electron chi connectivity index (χ2n) is 12.1. The Balaban J connectivity index is 1.49. The second kappa shape index (κ2) is 6.66. The Kier molecular flexibility index (Phi) is 3.26. The fourth-order valence-electron chi connectivity index (χ4n) is 8.98. The molecule has 6 aromatic carbocycles. The number of pyridine rings is 2. The lowest BCUT2D eigenvalue weighted by Crippen LogP contribution is -2.71. The van der Waals surface area contributed by atoms with Gasteiger partial charge in [0, 0.05) is 28.3 Å². The average molecular weight is 548 g/mol. The van der Waals surface area contributed by atoms with E-state index in [1.54, 1.807) is 0 Å². The number of benzene rings is 6. The first kappa shape index (κ1) is 21.0. The van der Waals surface area contributed by atoms with Crippen molar-refractivity contribution in [1.82, 2.24) is 4.40 Å². The predicted molar refractivity (Wildman–Crippen MR) is 169 cm³/mol. The number of imidazole rings is 1. The van der Waals surface area contributed by atoms with Crippen LogP contribution in [0.15, 0.2) is 128 Å². The number of ether oxygens (including phenoxy) is 1. The second-order valence-corrected chi connectivity index (χ2v) is 12.1. The topological polar surface area (TPSA) is 21.4 Å². The molecule has 9 aromatic rings. The van der Waals surface area contributed by atoms with Crippen LogP contribution < -0.4 is 13.9 Å². The van der Waals surface area contributed by atoms with E-state index in [-0.39, 0.29) is 0 Å². The van der Waals surface area contributed by atoms with Crippen molar-refractivity contribution in [3.63, 3.8) is 0 Å². The minimum Gasteiger partial charge on any atom is -0.456 e. The zero-order valence-electron chi connectivity index (χ0n) is 22.9. The molecule has 0 fully saturated rings. The molecule has 0 radical (unpaired) electrons. The molecular formula is C39H21N3O+2. The summed E-state index contributed by atoms with van der Waals surface area (Å²) in [5, 5.41) is 8.94. The third kappa shape index (κ3) is 2.02. The summed E-state index contributed by atoms with van der Waals surface area (Å²) in [4.78, 5) is 0. The zero-order valence-corrected chi connectivity index (χ0v) is 22.9. The Hall–Kier alpha value is -5.74. The van der Waals surface area contributed by atoms with E-state index in [4.69, 9.17) is 4.74 Å². The summed E-state index contributed by atoms with van der Waals surface area (Å²) < 4.78 is 14.5. The maximum absolute atomic E-state index is 6.83. The number of hydrogen-bond donors (Lipinski definition) is 0. The van der Waals surface area contributed by atoms with E-state index in [2.05, 4.69) is 141 Å². The molecule has 43 heavy (non-hydrogen) atoms. The molecule has 1 spiro atoms. The predicted octanol–water partition coefficient (Wildman–Crippen LogP) is 7.98. The first-order chi connectivity index (χ1) is 21.4. The summed E-state index contributed by atoms with van der Waals surface area (Å²) in [5.41, 5.74) is 9.19. The highest BCUT2D eigenvalue weighted by atomic mass is 16.5. The number of fused-ring (bicyclic) bond motifs is 13. The van der Waals surface area contributed by atoms with Crippen LogP contribution in [0.25, 0.3) is 71.2 Å². The average Bonchev–Trinajstić information content (AvgIpc) is 3.69. The number of nitrogens with zero attached hydrogens (tertiary/aromatic N) is 3. The van der Waals surface area contributed by atoms with Gasteiger partial charge in [-0.2, -0.15) is 4.40 Å². The maximum Gasteiger partial charge on any atom is 0.372 e. The van der Waals surface area contributed by atoms with Crippen molar-refractivity contribution in [3.05, 3.63) is 139 Å². The molecule has 1 atom stereocenters. The van der Waals surface area contributed by atoms with E-state index in [0.717, 1.165) is 11.5 Å². The molecule has 0 bridgehead atoms. The van der Waals surface area contributed by atoms with Crippen LogP contribution in [0.4, 0.5) is 0 Å². The molecule has 3 aliphatic rings. The summed E-state index contributed by atoms with van der Waals surface area (Å²) in [5.74, 6) is 1.86. The van der Waals surface area contributed by atoms with Gasteiger partial charge in [0.1, 0.15) is 28.1 Å². The van der Waals surface area contributed by atoms with Crippen LogP contribution in [0.5, 0.6) is 11.5 Å². The van der Waals surface area contributed by atoms with Gasteiger partial charge in [0.2, 0.25) is 5.69 Å². The summed E-state index contributed by atoms with van der Waals surface area (Å²) in [6.45, 7) is 0. The van der Waals surface area contributed by atoms with Crippen LogP contribution >= 0.6 is 0 Å². The van der Waals surface area contributed by atoms with Crippen molar-refractivity contribution in [1.29, 1.82) is 0 Å². The molecule has 6 heterocycles. The Morgan fingerprint density at radius 1 is 0.558 bits per heavy atom.